The largest absolute Gasteiger partial charge is 0.497 e. The number of benzene rings is 1. The summed E-state index contributed by atoms with van der Waals surface area (Å²) in [5, 5.41) is 0. The van der Waals surface area contributed by atoms with Crippen LogP contribution in [0.25, 0.3) is 6.08 Å². The van der Waals surface area contributed by atoms with Crippen molar-refractivity contribution < 1.29 is 19.1 Å². The van der Waals surface area contributed by atoms with E-state index in [0.717, 1.165) is 11.3 Å². The van der Waals surface area contributed by atoms with E-state index in [4.69, 9.17) is 9.47 Å². The van der Waals surface area contributed by atoms with Crippen molar-refractivity contribution >= 4 is 17.8 Å². The highest BCUT2D eigenvalue weighted by Crippen LogP contribution is 2.13. The zero-order chi connectivity index (χ0) is 15.7. The summed E-state index contributed by atoms with van der Waals surface area (Å²) in [6.07, 6.45) is 6.64. The van der Waals surface area contributed by atoms with Crippen LogP contribution in [0.2, 0.25) is 0 Å². The summed E-state index contributed by atoms with van der Waals surface area (Å²) in [4.78, 5) is 22.9. The summed E-state index contributed by atoms with van der Waals surface area (Å²) in [7, 11) is 1.60. The van der Waals surface area contributed by atoms with E-state index in [1.54, 1.807) is 20.1 Å². The zero-order valence-corrected chi connectivity index (χ0v) is 12.5. The van der Waals surface area contributed by atoms with Crippen molar-refractivity contribution in [2.45, 2.75) is 26.4 Å². The van der Waals surface area contributed by atoms with Gasteiger partial charge in [0.2, 0.25) is 0 Å². The zero-order valence-electron chi connectivity index (χ0n) is 12.5. The molecular weight excluding hydrogens is 268 g/mol. The van der Waals surface area contributed by atoms with Crippen LogP contribution in [0.15, 0.2) is 42.5 Å². The summed E-state index contributed by atoms with van der Waals surface area (Å²) in [6, 6.07) is 7.49. The molecule has 0 N–H and O–H groups in total. The normalized spacial score (nSPS) is 12.5. The first kappa shape index (κ1) is 16.7. The molecule has 0 amide bonds. The molecule has 4 nitrogen and oxygen atoms in total. The smallest absolute Gasteiger partial charge is 0.379 e. The average Bonchev–Trinajstić information content (AvgIpc) is 2.51. The molecule has 1 rings (SSSR count). The van der Waals surface area contributed by atoms with Crippen LogP contribution in [-0.2, 0) is 14.3 Å². The third kappa shape index (κ3) is 6.08. The first-order valence-electron chi connectivity index (χ1n) is 6.80. The molecule has 1 unspecified atom stereocenters. The predicted octanol–water partition coefficient (Wildman–Crippen LogP) is 3.18. The number of ketones is 1. The fourth-order valence-corrected chi connectivity index (χ4v) is 1.45. The number of methoxy groups -OCH3 is 1. The maximum atomic E-state index is 11.5. The number of hydrogen-bond donors (Lipinski definition) is 0. The highest BCUT2D eigenvalue weighted by Gasteiger charge is 2.14. The highest BCUT2D eigenvalue weighted by atomic mass is 16.5. The van der Waals surface area contributed by atoms with Crippen LogP contribution in [0, 0.1) is 0 Å². The van der Waals surface area contributed by atoms with Gasteiger partial charge in [-0.2, -0.15) is 0 Å². The van der Waals surface area contributed by atoms with Gasteiger partial charge in [0.15, 0.2) is 0 Å². The predicted molar refractivity (Wildman–Crippen MR) is 82.0 cm³/mol. The first-order valence-corrected chi connectivity index (χ1v) is 6.80. The van der Waals surface area contributed by atoms with Crippen LogP contribution < -0.4 is 4.74 Å². The van der Waals surface area contributed by atoms with Gasteiger partial charge < -0.3 is 9.47 Å². The standard InChI is InChI=1S/C17H20O4/c1-4-13(2)21-17(19)16(18)11-6-5-8-14-9-7-10-15(12-14)20-3/h5-13H,4H2,1-3H3/b8-5+,11-6+. The molecule has 0 radical (unpaired) electrons. The number of ether oxygens (including phenoxy) is 2. The highest BCUT2D eigenvalue weighted by molar-refractivity contribution is 6.38. The number of hydrogen-bond acceptors (Lipinski definition) is 4. The van der Waals surface area contributed by atoms with Crippen LogP contribution >= 0.6 is 0 Å². The molecule has 21 heavy (non-hydrogen) atoms. The number of allylic oxidation sites excluding steroid dienone is 2. The molecular formula is C17H20O4. The van der Waals surface area contributed by atoms with Crippen LogP contribution in [-0.4, -0.2) is 25.0 Å². The molecule has 0 heterocycles. The van der Waals surface area contributed by atoms with Crippen molar-refractivity contribution in [3.05, 3.63) is 48.1 Å². The van der Waals surface area contributed by atoms with Gasteiger partial charge in [-0.05, 0) is 37.1 Å². The van der Waals surface area contributed by atoms with Gasteiger partial charge >= 0.3 is 5.97 Å². The second kappa shape index (κ2) is 8.74. The van der Waals surface area contributed by atoms with E-state index in [2.05, 4.69) is 0 Å². The van der Waals surface area contributed by atoms with E-state index in [-0.39, 0.29) is 6.10 Å². The minimum absolute atomic E-state index is 0.248. The Morgan fingerprint density at radius 1 is 1.29 bits per heavy atom. The first-order chi connectivity index (χ1) is 10.1. The SMILES string of the molecule is CCC(C)OC(=O)C(=O)/C=C/C=C/c1cccc(OC)c1. The molecule has 4 heteroatoms. The van der Waals surface area contributed by atoms with Gasteiger partial charge in [-0.25, -0.2) is 4.79 Å². The Kier molecular flexibility index (Phi) is 6.95. The number of rotatable bonds is 7. The molecule has 1 aromatic carbocycles. The minimum Gasteiger partial charge on any atom is -0.497 e. The molecule has 0 saturated heterocycles. The van der Waals surface area contributed by atoms with Gasteiger partial charge in [0.25, 0.3) is 5.78 Å². The van der Waals surface area contributed by atoms with Gasteiger partial charge in [-0.1, -0.05) is 37.3 Å². The lowest BCUT2D eigenvalue weighted by Gasteiger charge is -2.08. The molecule has 0 saturated carbocycles. The van der Waals surface area contributed by atoms with E-state index < -0.39 is 11.8 Å². The molecule has 0 aromatic heterocycles. The monoisotopic (exact) mass is 288 g/mol. The summed E-state index contributed by atoms with van der Waals surface area (Å²) in [6.45, 7) is 3.63. The molecule has 0 aliphatic rings. The van der Waals surface area contributed by atoms with Crippen molar-refractivity contribution in [3.63, 3.8) is 0 Å². The molecule has 1 aromatic rings. The quantitative estimate of drug-likeness (QED) is 0.335. The van der Waals surface area contributed by atoms with Gasteiger partial charge in [0, 0.05) is 0 Å². The maximum absolute atomic E-state index is 11.5. The minimum atomic E-state index is -0.824. The van der Waals surface area contributed by atoms with Crippen molar-refractivity contribution in [3.8, 4) is 5.75 Å². The molecule has 1 atom stereocenters. The van der Waals surface area contributed by atoms with E-state index in [9.17, 15) is 9.59 Å². The topological polar surface area (TPSA) is 52.6 Å². The fourth-order valence-electron chi connectivity index (χ4n) is 1.45. The Labute approximate surface area is 125 Å². The van der Waals surface area contributed by atoms with Crippen LogP contribution in [0.4, 0.5) is 0 Å². The Bertz CT molecular complexity index is 543. The Hall–Kier alpha value is -2.36. The molecule has 0 spiro atoms. The number of esters is 1. The third-order valence-corrected chi connectivity index (χ3v) is 2.83. The summed E-state index contributed by atoms with van der Waals surface area (Å²) < 4.78 is 10.0. The van der Waals surface area contributed by atoms with Crippen molar-refractivity contribution in [2.75, 3.05) is 7.11 Å². The van der Waals surface area contributed by atoms with E-state index in [1.807, 2.05) is 37.3 Å². The second-order valence-electron chi connectivity index (χ2n) is 4.48. The Morgan fingerprint density at radius 3 is 2.71 bits per heavy atom. The third-order valence-electron chi connectivity index (χ3n) is 2.83. The van der Waals surface area contributed by atoms with Crippen LogP contribution in [0.1, 0.15) is 25.8 Å². The lowest BCUT2D eigenvalue weighted by molar-refractivity contribution is -0.155. The summed E-state index contributed by atoms with van der Waals surface area (Å²) in [5.41, 5.74) is 0.939. The van der Waals surface area contributed by atoms with Crippen molar-refractivity contribution in [1.82, 2.24) is 0 Å². The van der Waals surface area contributed by atoms with Gasteiger partial charge in [-0.3, -0.25) is 4.79 Å². The molecule has 0 aliphatic heterocycles. The Morgan fingerprint density at radius 2 is 2.05 bits per heavy atom. The van der Waals surface area contributed by atoms with Gasteiger partial charge in [-0.15, -0.1) is 0 Å². The van der Waals surface area contributed by atoms with E-state index in [0.29, 0.717) is 6.42 Å². The van der Waals surface area contributed by atoms with Crippen LogP contribution in [0.3, 0.4) is 0 Å². The lowest BCUT2D eigenvalue weighted by atomic mass is 10.2. The van der Waals surface area contributed by atoms with Crippen molar-refractivity contribution in [1.29, 1.82) is 0 Å². The summed E-state index contributed by atoms with van der Waals surface area (Å²) in [5.74, 6) is -0.727. The maximum Gasteiger partial charge on any atom is 0.379 e. The lowest BCUT2D eigenvalue weighted by Crippen LogP contribution is -2.20. The van der Waals surface area contributed by atoms with Gasteiger partial charge in [0.1, 0.15) is 5.75 Å². The molecule has 112 valence electrons. The van der Waals surface area contributed by atoms with Crippen LogP contribution in [0.5, 0.6) is 5.75 Å². The van der Waals surface area contributed by atoms with E-state index >= 15 is 0 Å². The second-order valence-corrected chi connectivity index (χ2v) is 4.48. The van der Waals surface area contributed by atoms with Gasteiger partial charge in [0.05, 0.1) is 13.2 Å². The number of carbonyl (C=O) groups is 2. The van der Waals surface area contributed by atoms with E-state index in [1.165, 1.54) is 12.2 Å². The molecule has 0 fully saturated rings. The summed E-state index contributed by atoms with van der Waals surface area (Å²) >= 11 is 0. The fraction of sp³-hybridized carbons (Fsp3) is 0.294. The average molecular weight is 288 g/mol. The number of carbonyl (C=O) groups excluding carboxylic acids is 2. The van der Waals surface area contributed by atoms with Crippen molar-refractivity contribution in [2.24, 2.45) is 0 Å². The molecule has 0 bridgehead atoms. The molecule has 0 aliphatic carbocycles. The Balaban J connectivity index is 2.55.